The highest BCUT2D eigenvalue weighted by atomic mass is 16.3. The van der Waals surface area contributed by atoms with Gasteiger partial charge in [0, 0.05) is 11.1 Å². The van der Waals surface area contributed by atoms with Gasteiger partial charge in [-0.15, -0.1) is 0 Å². The molecule has 3 atom stereocenters. The Balaban J connectivity index is 1.52. The zero-order valence-corrected chi connectivity index (χ0v) is 19.2. The number of hydrogen-bond acceptors (Lipinski definition) is 3. The van der Waals surface area contributed by atoms with Gasteiger partial charge in [-0.05, 0) is 19.4 Å². The Labute approximate surface area is 183 Å². The first-order valence-electron chi connectivity index (χ1n) is 12.4. The fraction of sp³-hybridized carbons (Fsp3) is 0.731. The average molecular weight is 418 g/mol. The van der Waals surface area contributed by atoms with E-state index in [0.717, 1.165) is 12.8 Å². The van der Waals surface area contributed by atoms with E-state index in [0.29, 0.717) is 17.5 Å². The Bertz CT molecular complexity index is 618. The van der Waals surface area contributed by atoms with Crippen LogP contribution >= 0.6 is 0 Å². The van der Waals surface area contributed by atoms with Crippen LogP contribution in [0.5, 0.6) is 0 Å². The highest BCUT2D eigenvalue weighted by Crippen LogP contribution is 2.34. The minimum absolute atomic E-state index is 0.185. The van der Waals surface area contributed by atoms with Crippen molar-refractivity contribution in [3.63, 3.8) is 0 Å². The molecule has 0 radical (unpaired) electrons. The molecule has 1 amide bonds. The molecule has 2 rings (SSSR count). The Morgan fingerprint density at radius 1 is 0.867 bits per heavy atom. The molecular weight excluding hydrogens is 374 g/mol. The molecule has 170 valence electrons. The van der Waals surface area contributed by atoms with Crippen LogP contribution < -0.4 is 0 Å². The largest absolute Gasteiger partial charge is 0.391 e. The number of carbonyl (C=O) groups excluding carboxylic acids is 1. The summed E-state index contributed by atoms with van der Waals surface area (Å²) in [7, 11) is 0. The molecule has 1 aliphatic rings. The van der Waals surface area contributed by atoms with Crippen molar-refractivity contribution < 1.29 is 15.0 Å². The van der Waals surface area contributed by atoms with Crippen molar-refractivity contribution in [3.8, 4) is 0 Å². The quantitative estimate of drug-likeness (QED) is 0.307. The van der Waals surface area contributed by atoms with Gasteiger partial charge in [0.05, 0.1) is 12.1 Å². The Hall–Kier alpha value is -1.39. The molecule has 1 aromatic carbocycles. The lowest BCUT2D eigenvalue weighted by Gasteiger charge is -2.31. The van der Waals surface area contributed by atoms with Gasteiger partial charge < -0.3 is 15.1 Å². The second kappa shape index (κ2) is 13.8. The third-order valence-electron chi connectivity index (χ3n) is 6.57. The number of fused-ring (bicyclic) bond motifs is 1. The summed E-state index contributed by atoms with van der Waals surface area (Å²) in [4.78, 5) is 14.0. The Morgan fingerprint density at radius 3 is 1.90 bits per heavy atom. The van der Waals surface area contributed by atoms with Crippen LogP contribution in [0.3, 0.4) is 0 Å². The second-order valence-electron chi connectivity index (χ2n) is 9.01. The van der Waals surface area contributed by atoms with Crippen LogP contribution in [0.2, 0.25) is 0 Å². The summed E-state index contributed by atoms with van der Waals surface area (Å²) in [6, 6.07) is 6.77. The number of aliphatic hydroxyl groups excluding tert-OH is 2. The smallest absolute Gasteiger partial charge is 0.256 e. The summed E-state index contributed by atoms with van der Waals surface area (Å²) in [5.74, 6) is -0.185. The molecule has 4 heteroatoms. The van der Waals surface area contributed by atoms with Crippen LogP contribution in [0.4, 0.5) is 0 Å². The minimum Gasteiger partial charge on any atom is -0.391 e. The van der Waals surface area contributed by atoms with Gasteiger partial charge in [0.1, 0.15) is 0 Å². The van der Waals surface area contributed by atoms with E-state index in [1.54, 1.807) is 12.1 Å². The molecule has 0 aromatic heterocycles. The number of unbranched alkanes of at least 4 members (excludes halogenated alkanes) is 12. The zero-order valence-electron chi connectivity index (χ0n) is 19.2. The summed E-state index contributed by atoms with van der Waals surface area (Å²) < 4.78 is 0. The van der Waals surface area contributed by atoms with E-state index in [1.807, 2.05) is 19.1 Å². The number of benzene rings is 1. The number of amides is 1. The zero-order chi connectivity index (χ0) is 21.8. The molecule has 1 heterocycles. The van der Waals surface area contributed by atoms with Crippen molar-refractivity contribution in [2.45, 2.75) is 122 Å². The van der Waals surface area contributed by atoms with E-state index in [1.165, 1.54) is 75.5 Å². The van der Waals surface area contributed by atoms with E-state index in [2.05, 4.69) is 6.92 Å². The highest BCUT2D eigenvalue weighted by molar-refractivity contribution is 5.99. The van der Waals surface area contributed by atoms with Gasteiger partial charge in [-0.3, -0.25) is 4.79 Å². The third-order valence-corrected chi connectivity index (χ3v) is 6.57. The van der Waals surface area contributed by atoms with Gasteiger partial charge in [0.15, 0.2) is 6.23 Å². The van der Waals surface area contributed by atoms with Crippen LogP contribution in [0, 0.1) is 0 Å². The molecule has 3 unspecified atom stereocenters. The molecule has 4 nitrogen and oxygen atoms in total. The number of nitrogens with zero attached hydrogens (tertiary/aromatic N) is 1. The molecule has 30 heavy (non-hydrogen) atoms. The molecule has 0 fully saturated rings. The average Bonchev–Trinajstić information content (AvgIpc) is 3.01. The summed E-state index contributed by atoms with van der Waals surface area (Å²) in [5.41, 5.74) is 1.19. The normalized spacial score (nSPS) is 17.9. The molecule has 0 saturated carbocycles. The van der Waals surface area contributed by atoms with Gasteiger partial charge in [-0.25, -0.2) is 0 Å². The van der Waals surface area contributed by atoms with Crippen molar-refractivity contribution in [2.75, 3.05) is 0 Å². The van der Waals surface area contributed by atoms with Gasteiger partial charge in [0.25, 0.3) is 5.91 Å². The number of carbonyl (C=O) groups is 1. The van der Waals surface area contributed by atoms with E-state index in [-0.39, 0.29) is 5.91 Å². The third kappa shape index (κ3) is 7.39. The summed E-state index contributed by atoms with van der Waals surface area (Å²) in [6.07, 6.45) is 16.0. The second-order valence-corrected chi connectivity index (χ2v) is 9.01. The monoisotopic (exact) mass is 417 g/mol. The summed E-state index contributed by atoms with van der Waals surface area (Å²) in [6.45, 7) is 4.10. The van der Waals surface area contributed by atoms with E-state index in [9.17, 15) is 15.0 Å². The number of aliphatic hydroxyl groups is 2. The standard InChI is InChI=1S/C26H43NO3/c1-3-4-5-6-7-8-9-10-11-12-13-14-15-20-24(28)21(2)27-25(29)22-18-16-17-19-23(22)26(27)30/h16-19,21,24-25,28-29H,3-15,20H2,1-2H3. The van der Waals surface area contributed by atoms with Gasteiger partial charge in [-0.1, -0.05) is 109 Å². The van der Waals surface area contributed by atoms with Crippen LogP contribution in [-0.2, 0) is 0 Å². The lowest BCUT2D eigenvalue weighted by Crippen LogP contribution is -2.43. The molecular formula is C26H43NO3. The molecule has 0 saturated heterocycles. The van der Waals surface area contributed by atoms with Gasteiger partial charge in [0.2, 0.25) is 0 Å². The van der Waals surface area contributed by atoms with Crippen LogP contribution in [0.25, 0.3) is 0 Å². The van der Waals surface area contributed by atoms with Crippen LogP contribution in [-0.4, -0.2) is 33.2 Å². The topological polar surface area (TPSA) is 60.8 Å². The Kier molecular flexibility index (Phi) is 11.5. The fourth-order valence-electron chi connectivity index (χ4n) is 4.52. The first-order chi connectivity index (χ1) is 14.6. The fourth-order valence-corrected chi connectivity index (χ4v) is 4.52. The SMILES string of the molecule is CCCCCCCCCCCCCCCC(O)C(C)N1C(=O)c2ccccc2C1O. The number of rotatable bonds is 16. The first-order valence-corrected chi connectivity index (χ1v) is 12.4. The first kappa shape index (κ1) is 24.9. The van der Waals surface area contributed by atoms with Crippen LogP contribution in [0.15, 0.2) is 24.3 Å². The molecule has 0 aliphatic carbocycles. The van der Waals surface area contributed by atoms with E-state index in [4.69, 9.17) is 0 Å². The maximum atomic E-state index is 12.6. The van der Waals surface area contributed by atoms with Gasteiger partial charge in [-0.2, -0.15) is 0 Å². The maximum absolute atomic E-state index is 12.6. The molecule has 0 bridgehead atoms. The van der Waals surface area contributed by atoms with Crippen molar-refractivity contribution in [1.29, 1.82) is 0 Å². The van der Waals surface area contributed by atoms with Crippen molar-refractivity contribution in [2.24, 2.45) is 0 Å². The highest BCUT2D eigenvalue weighted by Gasteiger charge is 2.39. The lowest BCUT2D eigenvalue weighted by molar-refractivity contribution is -0.0339. The van der Waals surface area contributed by atoms with Crippen molar-refractivity contribution in [1.82, 2.24) is 4.90 Å². The van der Waals surface area contributed by atoms with Gasteiger partial charge >= 0.3 is 0 Å². The predicted octanol–water partition coefficient (Wildman–Crippen LogP) is 6.36. The molecule has 1 aliphatic heterocycles. The summed E-state index contributed by atoms with van der Waals surface area (Å²) in [5, 5.41) is 21.1. The minimum atomic E-state index is -0.954. The van der Waals surface area contributed by atoms with Crippen molar-refractivity contribution in [3.05, 3.63) is 35.4 Å². The Morgan fingerprint density at radius 2 is 1.37 bits per heavy atom. The molecule has 0 spiro atoms. The van der Waals surface area contributed by atoms with E-state index < -0.39 is 18.4 Å². The number of hydrogen-bond donors (Lipinski definition) is 2. The predicted molar refractivity (Wildman–Crippen MR) is 123 cm³/mol. The van der Waals surface area contributed by atoms with Crippen molar-refractivity contribution >= 4 is 5.91 Å². The van der Waals surface area contributed by atoms with E-state index >= 15 is 0 Å². The lowest BCUT2D eigenvalue weighted by atomic mass is 10.0. The molecule has 2 N–H and O–H groups in total. The molecule has 1 aromatic rings. The maximum Gasteiger partial charge on any atom is 0.256 e. The summed E-state index contributed by atoms with van der Waals surface area (Å²) >= 11 is 0. The van der Waals surface area contributed by atoms with Crippen LogP contribution in [0.1, 0.15) is 126 Å².